The topological polar surface area (TPSA) is 71.2 Å². The van der Waals surface area contributed by atoms with Crippen LogP contribution in [0, 0.1) is 0 Å². The van der Waals surface area contributed by atoms with E-state index in [0.29, 0.717) is 19.0 Å². The van der Waals surface area contributed by atoms with Crippen LogP contribution in [0.5, 0.6) is 0 Å². The van der Waals surface area contributed by atoms with Crippen LogP contribution in [0.2, 0.25) is 0 Å². The molecule has 0 fully saturated rings. The maximum absolute atomic E-state index is 11.5. The summed E-state index contributed by atoms with van der Waals surface area (Å²) < 4.78 is 1.21. The SMILES string of the molecule is CCC(C)N(CCC(N)=O)c1sc2c(c1-c1nc3ccccc3s1)CCNC2. The van der Waals surface area contributed by atoms with Crippen LogP contribution in [0.4, 0.5) is 5.00 Å². The van der Waals surface area contributed by atoms with E-state index in [2.05, 4.69) is 42.3 Å². The van der Waals surface area contributed by atoms with E-state index < -0.39 is 0 Å². The van der Waals surface area contributed by atoms with Gasteiger partial charge in [0.2, 0.25) is 5.91 Å². The summed E-state index contributed by atoms with van der Waals surface area (Å²) in [6.45, 7) is 6.96. The third kappa shape index (κ3) is 3.66. The lowest BCUT2D eigenvalue weighted by atomic mass is 10.0. The molecule has 0 saturated carbocycles. The number of hydrogen-bond acceptors (Lipinski definition) is 6. The number of nitrogens with two attached hydrogens (primary N) is 1. The second kappa shape index (κ2) is 8.19. The number of carbonyl (C=O) groups is 1. The number of rotatable bonds is 7. The first-order valence-corrected chi connectivity index (χ1v) is 11.5. The number of amides is 1. The van der Waals surface area contributed by atoms with Crippen LogP contribution < -0.4 is 16.0 Å². The Hall–Kier alpha value is -1.96. The summed E-state index contributed by atoms with van der Waals surface area (Å²) >= 11 is 3.61. The predicted octanol–water partition coefficient (Wildman–Crippen LogP) is 4.15. The van der Waals surface area contributed by atoms with E-state index in [-0.39, 0.29) is 5.91 Å². The molecule has 0 bridgehead atoms. The molecule has 1 aromatic carbocycles. The molecule has 1 atom stereocenters. The maximum Gasteiger partial charge on any atom is 0.219 e. The van der Waals surface area contributed by atoms with Crippen molar-refractivity contribution in [3.63, 3.8) is 0 Å². The summed E-state index contributed by atoms with van der Waals surface area (Å²) in [6, 6.07) is 8.65. The number of para-hydroxylation sites is 1. The lowest BCUT2D eigenvalue weighted by Gasteiger charge is -2.30. The Morgan fingerprint density at radius 2 is 2.18 bits per heavy atom. The van der Waals surface area contributed by atoms with Gasteiger partial charge in [0.05, 0.1) is 10.2 Å². The van der Waals surface area contributed by atoms with Crippen LogP contribution in [0.1, 0.15) is 37.1 Å². The number of thiazole rings is 1. The highest BCUT2D eigenvalue weighted by Gasteiger charge is 2.28. The number of primary amides is 1. The molecule has 2 aromatic heterocycles. The van der Waals surface area contributed by atoms with Crippen molar-refractivity contribution >= 4 is 43.8 Å². The standard InChI is InChI=1S/C21H26N4OS2/c1-3-13(2)25(11-9-18(22)26)21-19(14-8-10-23-12-17(14)28-21)20-24-15-6-4-5-7-16(15)27-20/h4-7,13,23H,3,8-12H2,1-2H3,(H2,22,26). The molecule has 28 heavy (non-hydrogen) atoms. The smallest absolute Gasteiger partial charge is 0.219 e. The lowest BCUT2D eigenvalue weighted by molar-refractivity contribution is -0.117. The Kier molecular flexibility index (Phi) is 5.66. The minimum Gasteiger partial charge on any atom is -0.370 e. The Balaban J connectivity index is 1.86. The fourth-order valence-electron chi connectivity index (χ4n) is 3.70. The number of thiophene rings is 1. The van der Waals surface area contributed by atoms with Gasteiger partial charge in [-0.2, -0.15) is 0 Å². The second-order valence-corrected chi connectivity index (χ2v) is 9.38. The highest BCUT2D eigenvalue weighted by molar-refractivity contribution is 7.22. The van der Waals surface area contributed by atoms with Crippen LogP contribution in [0.3, 0.4) is 0 Å². The molecule has 3 heterocycles. The van der Waals surface area contributed by atoms with Crippen LogP contribution in [0.25, 0.3) is 20.8 Å². The maximum atomic E-state index is 11.5. The van der Waals surface area contributed by atoms with Crippen molar-refractivity contribution in [2.75, 3.05) is 18.0 Å². The minimum absolute atomic E-state index is 0.252. The highest BCUT2D eigenvalue weighted by atomic mass is 32.1. The average Bonchev–Trinajstić information content (AvgIpc) is 3.28. The first-order chi connectivity index (χ1) is 13.6. The van der Waals surface area contributed by atoms with E-state index >= 15 is 0 Å². The predicted molar refractivity (Wildman–Crippen MR) is 119 cm³/mol. The summed E-state index contributed by atoms with van der Waals surface area (Å²) in [6.07, 6.45) is 2.39. The molecule has 0 spiro atoms. The number of anilines is 1. The molecule has 1 aliphatic heterocycles. The average molecular weight is 415 g/mol. The fourth-order valence-corrected chi connectivity index (χ4v) is 6.24. The van der Waals surface area contributed by atoms with Gasteiger partial charge in [-0.25, -0.2) is 4.98 Å². The van der Waals surface area contributed by atoms with Crippen LogP contribution in [0.15, 0.2) is 24.3 Å². The van der Waals surface area contributed by atoms with Crippen molar-refractivity contribution in [3.05, 3.63) is 34.7 Å². The summed E-state index contributed by atoms with van der Waals surface area (Å²) in [5.74, 6) is -0.252. The number of aromatic nitrogens is 1. The molecular weight excluding hydrogens is 388 g/mol. The molecule has 1 unspecified atom stereocenters. The van der Waals surface area contributed by atoms with Crippen molar-refractivity contribution < 1.29 is 4.79 Å². The third-order valence-corrected chi connectivity index (χ3v) is 7.72. The Bertz CT molecular complexity index is 961. The lowest BCUT2D eigenvalue weighted by Crippen LogP contribution is -2.35. The molecule has 0 radical (unpaired) electrons. The normalized spacial score (nSPS) is 14.8. The van der Waals surface area contributed by atoms with E-state index in [4.69, 9.17) is 10.7 Å². The van der Waals surface area contributed by atoms with Gasteiger partial charge in [0.1, 0.15) is 10.0 Å². The number of benzene rings is 1. The first kappa shape index (κ1) is 19.4. The molecule has 7 heteroatoms. The fraction of sp³-hybridized carbons (Fsp3) is 0.429. The Labute approximate surface area is 173 Å². The second-order valence-electron chi connectivity index (χ2n) is 7.26. The van der Waals surface area contributed by atoms with Crippen LogP contribution in [-0.2, 0) is 17.8 Å². The molecule has 5 nitrogen and oxygen atoms in total. The summed E-state index contributed by atoms with van der Waals surface area (Å²) in [5.41, 5.74) is 9.22. The Morgan fingerprint density at radius 3 is 2.93 bits per heavy atom. The van der Waals surface area contributed by atoms with Gasteiger partial charge in [0.15, 0.2) is 0 Å². The monoisotopic (exact) mass is 414 g/mol. The number of nitrogens with zero attached hydrogens (tertiary/aromatic N) is 2. The van der Waals surface area contributed by atoms with Gasteiger partial charge in [-0.15, -0.1) is 22.7 Å². The number of nitrogens with one attached hydrogen (secondary N) is 1. The van der Waals surface area contributed by atoms with E-state index in [1.165, 1.54) is 25.7 Å². The first-order valence-electron chi connectivity index (χ1n) is 9.84. The molecule has 1 amide bonds. The molecule has 0 aliphatic carbocycles. The van der Waals surface area contributed by atoms with Gasteiger partial charge in [0, 0.05) is 36.0 Å². The molecule has 3 N–H and O–H groups in total. The summed E-state index contributed by atoms with van der Waals surface area (Å²) in [4.78, 5) is 20.2. The molecular formula is C21H26N4OS2. The van der Waals surface area contributed by atoms with Crippen LogP contribution in [-0.4, -0.2) is 30.0 Å². The van der Waals surface area contributed by atoms with E-state index in [9.17, 15) is 4.79 Å². The quantitative estimate of drug-likeness (QED) is 0.609. The van der Waals surface area contributed by atoms with Crippen molar-refractivity contribution in [2.24, 2.45) is 5.73 Å². The van der Waals surface area contributed by atoms with Gasteiger partial charge >= 0.3 is 0 Å². The number of fused-ring (bicyclic) bond motifs is 2. The summed E-state index contributed by atoms with van der Waals surface area (Å²) in [7, 11) is 0. The van der Waals surface area contributed by atoms with Gasteiger partial charge < -0.3 is 16.0 Å². The molecule has 1 aliphatic rings. The van der Waals surface area contributed by atoms with Gasteiger partial charge in [-0.05, 0) is 44.0 Å². The van der Waals surface area contributed by atoms with Gasteiger partial charge in [-0.3, -0.25) is 4.79 Å². The zero-order chi connectivity index (χ0) is 19.7. The zero-order valence-corrected chi connectivity index (χ0v) is 18.0. The summed E-state index contributed by atoms with van der Waals surface area (Å²) in [5, 5.41) is 5.82. The van der Waals surface area contributed by atoms with Crippen molar-refractivity contribution in [1.29, 1.82) is 0 Å². The van der Waals surface area contributed by atoms with Gasteiger partial charge in [0.25, 0.3) is 0 Å². The van der Waals surface area contributed by atoms with E-state index in [0.717, 1.165) is 36.5 Å². The van der Waals surface area contributed by atoms with Crippen molar-refractivity contribution in [1.82, 2.24) is 10.3 Å². The van der Waals surface area contributed by atoms with E-state index in [1.807, 2.05) is 17.4 Å². The number of hydrogen-bond donors (Lipinski definition) is 2. The molecule has 0 saturated heterocycles. The molecule has 3 aromatic rings. The Morgan fingerprint density at radius 1 is 1.36 bits per heavy atom. The number of carbonyl (C=O) groups excluding carboxylic acids is 1. The zero-order valence-electron chi connectivity index (χ0n) is 16.3. The van der Waals surface area contributed by atoms with E-state index in [1.54, 1.807) is 11.3 Å². The highest BCUT2D eigenvalue weighted by Crippen LogP contribution is 2.47. The molecule has 148 valence electrons. The van der Waals surface area contributed by atoms with Crippen molar-refractivity contribution in [2.45, 2.75) is 45.7 Å². The minimum atomic E-state index is -0.252. The largest absolute Gasteiger partial charge is 0.370 e. The molecule has 4 rings (SSSR count). The van der Waals surface area contributed by atoms with Crippen LogP contribution >= 0.6 is 22.7 Å². The van der Waals surface area contributed by atoms with Gasteiger partial charge in [-0.1, -0.05) is 19.1 Å². The third-order valence-electron chi connectivity index (χ3n) is 5.40. The van der Waals surface area contributed by atoms with Crippen molar-refractivity contribution in [3.8, 4) is 10.6 Å².